The van der Waals surface area contributed by atoms with Gasteiger partial charge >= 0.3 is 0 Å². The van der Waals surface area contributed by atoms with Gasteiger partial charge in [-0.25, -0.2) is 0 Å². The summed E-state index contributed by atoms with van der Waals surface area (Å²) in [6.07, 6.45) is 4.53. The van der Waals surface area contributed by atoms with Crippen molar-refractivity contribution >= 4 is 48.9 Å². The molecule has 1 amide bonds. The van der Waals surface area contributed by atoms with Gasteiger partial charge in [0.05, 0.1) is 5.69 Å². The van der Waals surface area contributed by atoms with Crippen LogP contribution in [0.1, 0.15) is 42.3 Å². The molecule has 1 saturated carbocycles. The zero-order valence-electron chi connectivity index (χ0n) is 12.0. The molecule has 2 aromatic rings. The van der Waals surface area contributed by atoms with E-state index in [1.54, 1.807) is 0 Å². The summed E-state index contributed by atoms with van der Waals surface area (Å²) < 4.78 is 2.05. The Morgan fingerprint density at radius 3 is 2.76 bits per heavy atom. The maximum Gasteiger partial charge on any atom is 0.263 e. The van der Waals surface area contributed by atoms with Gasteiger partial charge in [-0.05, 0) is 43.7 Å². The summed E-state index contributed by atoms with van der Waals surface area (Å²) in [5.74, 6) is 0.759. The molecular weight excluding hydrogens is 348 g/mol. The minimum absolute atomic E-state index is 0.0237. The summed E-state index contributed by atoms with van der Waals surface area (Å²) in [6, 6.07) is 6.22. The second-order valence-electron chi connectivity index (χ2n) is 5.92. The maximum atomic E-state index is 12.5. The third-order valence-electron chi connectivity index (χ3n) is 4.25. The number of thiophene rings is 1. The number of nitrogen functional groups attached to an aromatic ring is 1. The van der Waals surface area contributed by atoms with E-state index < -0.39 is 0 Å². The molecule has 0 atom stereocenters. The van der Waals surface area contributed by atoms with E-state index in [2.05, 4.69) is 28.2 Å². The number of hydrogen-bond donors (Lipinski definition) is 2. The molecule has 5 heteroatoms. The zero-order chi connectivity index (χ0) is 15.0. The van der Waals surface area contributed by atoms with Gasteiger partial charge in [-0.3, -0.25) is 4.79 Å². The summed E-state index contributed by atoms with van der Waals surface area (Å²) in [6.45, 7) is 2.28. The molecule has 0 bridgehead atoms. The molecular formula is C16H19BrN2OS. The second-order valence-corrected chi connectivity index (χ2v) is 7.88. The third-order valence-corrected chi connectivity index (χ3v) is 5.91. The molecule has 1 aliphatic carbocycles. The highest BCUT2D eigenvalue weighted by molar-refractivity contribution is 9.10. The Bertz CT molecular complexity index is 674. The van der Waals surface area contributed by atoms with E-state index in [1.165, 1.54) is 24.2 Å². The van der Waals surface area contributed by atoms with Crippen LogP contribution in [0.3, 0.4) is 0 Å². The first-order valence-corrected chi connectivity index (χ1v) is 8.94. The normalized spacial score (nSPS) is 22.4. The highest BCUT2D eigenvalue weighted by atomic mass is 79.9. The molecule has 0 unspecified atom stereocenters. The van der Waals surface area contributed by atoms with Crippen LogP contribution in [-0.4, -0.2) is 11.9 Å². The smallest absolute Gasteiger partial charge is 0.263 e. The molecule has 1 aromatic carbocycles. The Hall–Kier alpha value is -1.07. The lowest BCUT2D eigenvalue weighted by molar-refractivity contribution is 0.0928. The summed E-state index contributed by atoms with van der Waals surface area (Å²) in [4.78, 5) is 13.1. The van der Waals surface area contributed by atoms with Gasteiger partial charge in [0.25, 0.3) is 5.91 Å². The van der Waals surface area contributed by atoms with Crippen molar-refractivity contribution in [2.75, 3.05) is 5.73 Å². The fourth-order valence-corrected chi connectivity index (χ4v) is 4.49. The highest BCUT2D eigenvalue weighted by Crippen LogP contribution is 2.35. The van der Waals surface area contributed by atoms with Crippen LogP contribution >= 0.6 is 27.3 Å². The van der Waals surface area contributed by atoms with Gasteiger partial charge in [0.15, 0.2) is 0 Å². The van der Waals surface area contributed by atoms with E-state index in [0.717, 1.165) is 33.3 Å². The predicted molar refractivity (Wildman–Crippen MR) is 92.8 cm³/mol. The maximum absolute atomic E-state index is 12.5. The molecule has 0 spiro atoms. The number of carbonyl (C=O) groups is 1. The fraction of sp³-hybridized carbons (Fsp3) is 0.438. The van der Waals surface area contributed by atoms with Crippen LogP contribution in [0.5, 0.6) is 0 Å². The molecule has 1 heterocycles. The first kappa shape index (κ1) is 14.9. The van der Waals surface area contributed by atoms with Crippen LogP contribution in [0, 0.1) is 5.92 Å². The summed E-state index contributed by atoms with van der Waals surface area (Å²) in [5, 5.41) is 4.12. The summed E-state index contributed by atoms with van der Waals surface area (Å²) >= 11 is 4.92. The van der Waals surface area contributed by atoms with Gasteiger partial charge in [-0.1, -0.05) is 28.9 Å². The molecule has 3 N–H and O–H groups in total. The number of rotatable bonds is 2. The Balaban J connectivity index is 1.80. The number of nitrogens with two attached hydrogens (primary N) is 1. The van der Waals surface area contributed by atoms with Crippen LogP contribution in [0.15, 0.2) is 22.7 Å². The van der Waals surface area contributed by atoms with Gasteiger partial charge in [-0.2, -0.15) is 0 Å². The molecule has 1 aromatic heterocycles. The van der Waals surface area contributed by atoms with Crippen molar-refractivity contribution in [2.24, 2.45) is 5.92 Å². The van der Waals surface area contributed by atoms with E-state index in [0.29, 0.717) is 16.6 Å². The average Bonchev–Trinajstić information content (AvgIpc) is 2.78. The molecule has 112 valence electrons. The van der Waals surface area contributed by atoms with Gasteiger partial charge in [0.1, 0.15) is 4.88 Å². The molecule has 1 aliphatic rings. The van der Waals surface area contributed by atoms with E-state index in [9.17, 15) is 4.79 Å². The summed E-state index contributed by atoms with van der Waals surface area (Å²) in [7, 11) is 0. The third kappa shape index (κ3) is 3.09. The number of halogens is 1. The Kier molecular flexibility index (Phi) is 4.22. The van der Waals surface area contributed by atoms with Gasteiger partial charge in [0, 0.05) is 20.6 Å². The Morgan fingerprint density at radius 1 is 1.33 bits per heavy atom. The number of nitrogens with one attached hydrogen (secondary N) is 1. The Morgan fingerprint density at radius 2 is 2.05 bits per heavy atom. The first-order valence-electron chi connectivity index (χ1n) is 7.33. The lowest BCUT2D eigenvalue weighted by atomic mass is 9.87. The number of hydrogen-bond acceptors (Lipinski definition) is 3. The number of amides is 1. The van der Waals surface area contributed by atoms with Crippen molar-refractivity contribution in [3.63, 3.8) is 0 Å². The van der Waals surface area contributed by atoms with Gasteiger partial charge in [-0.15, -0.1) is 11.3 Å². The standard InChI is InChI=1S/C16H19BrN2OS/c1-9-2-5-11(6-3-9)19-16(20)15-14(18)12-7-4-10(17)8-13(12)21-15/h4,7-9,11H,2-3,5-6,18H2,1H3,(H,19,20). The number of fused-ring (bicyclic) bond motifs is 1. The second kappa shape index (κ2) is 5.97. The van der Waals surface area contributed by atoms with Crippen molar-refractivity contribution in [1.29, 1.82) is 0 Å². The SMILES string of the molecule is CC1CCC(NC(=O)c2sc3cc(Br)ccc3c2N)CC1. The van der Waals surface area contributed by atoms with E-state index in [1.807, 2.05) is 18.2 Å². The number of benzene rings is 1. The predicted octanol–water partition coefficient (Wildman–Crippen LogP) is 4.55. The topological polar surface area (TPSA) is 55.1 Å². The molecule has 1 fully saturated rings. The van der Waals surface area contributed by atoms with Crippen LogP contribution < -0.4 is 11.1 Å². The van der Waals surface area contributed by atoms with Crippen molar-refractivity contribution < 1.29 is 4.79 Å². The highest BCUT2D eigenvalue weighted by Gasteiger charge is 2.23. The molecule has 3 nitrogen and oxygen atoms in total. The van der Waals surface area contributed by atoms with Crippen LogP contribution in [-0.2, 0) is 0 Å². The van der Waals surface area contributed by atoms with Crippen molar-refractivity contribution in [3.05, 3.63) is 27.5 Å². The minimum Gasteiger partial charge on any atom is -0.397 e. The van der Waals surface area contributed by atoms with Crippen molar-refractivity contribution in [2.45, 2.75) is 38.6 Å². The summed E-state index contributed by atoms with van der Waals surface area (Å²) in [5.41, 5.74) is 6.75. The molecule has 0 aliphatic heterocycles. The first-order chi connectivity index (χ1) is 10.0. The molecule has 21 heavy (non-hydrogen) atoms. The Labute approximate surface area is 137 Å². The van der Waals surface area contributed by atoms with Crippen molar-refractivity contribution in [3.8, 4) is 0 Å². The van der Waals surface area contributed by atoms with Crippen LogP contribution in [0.4, 0.5) is 5.69 Å². The van der Waals surface area contributed by atoms with E-state index in [4.69, 9.17) is 5.73 Å². The van der Waals surface area contributed by atoms with Crippen LogP contribution in [0.2, 0.25) is 0 Å². The van der Waals surface area contributed by atoms with Gasteiger partial charge < -0.3 is 11.1 Å². The fourth-order valence-electron chi connectivity index (χ4n) is 2.91. The lowest BCUT2D eigenvalue weighted by Crippen LogP contribution is -2.37. The lowest BCUT2D eigenvalue weighted by Gasteiger charge is -2.26. The molecule has 0 radical (unpaired) electrons. The monoisotopic (exact) mass is 366 g/mol. The quantitative estimate of drug-likeness (QED) is 0.818. The average molecular weight is 367 g/mol. The number of carbonyl (C=O) groups excluding carboxylic acids is 1. The van der Waals surface area contributed by atoms with Gasteiger partial charge in [0.2, 0.25) is 0 Å². The molecule has 0 saturated heterocycles. The van der Waals surface area contributed by atoms with Crippen LogP contribution in [0.25, 0.3) is 10.1 Å². The number of anilines is 1. The van der Waals surface area contributed by atoms with E-state index in [-0.39, 0.29) is 5.91 Å². The zero-order valence-corrected chi connectivity index (χ0v) is 14.4. The largest absolute Gasteiger partial charge is 0.397 e. The van der Waals surface area contributed by atoms with E-state index >= 15 is 0 Å². The minimum atomic E-state index is -0.0237. The molecule has 3 rings (SSSR count). The van der Waals surface area contributed by atoms with Crippen molar-refractivity contribution in [1.82, 2.24) is 5.32 Å².